The SMILES string of the molecule is Cl.O=S(=O)(NC[C@@H]1CNCCO[C@H]1c1ccc(Cl)c(Cl)c1)C(F)(F)F. The average Bonchev–Trinajstić information content (AvgIpc) is 2.72. The molecule has 1 aromatic carbocycles. The van der Waals surface area contributed by atoms with Crippen molar-refractivity contribution in [1.29, 1.82) is 0 Å². The van der Waals surface area contributed by atoms with Crippen LogP contribution in [0.2, 0.25) is 10.0 Å². The van der Waals surface area contributed by atoms with E-state index in [9.17, 15) is 21.6 Å². The van der Waals surface area contributed by atoms with E-state index in [4.69, 9.17) is 27.9 Å². The summed E-state index contributed by atoms with van der Waals surface area (Å²) in [5.41, 5.74) is -4.74. The van der Waals surface area contributed by atoms with Gasteiger partial charge in [-0.1, -0.05) is 29.3 Å². The van der Waals surface area contributed by atoms with Gasteiger partial charge in [-0.3, -0.25) is 0 Å². The van der Waals surface area contributed by atoms with Gasteiger partial charge in [0.15, 0.2) is 0 Å². The Morgan fingerprint density at radius 1 is 1.28 bits per heavy atom. The molecule has 1 aliphatic rings. The Balaban J connectivity index is 0.00000312. The zero-order chi connectivity index (χ0) is 18.0. The van der Waals surface area contributed by atoms with E-state index in [1.54, 1.807) is 22.9 Å². The van der Waals surface area contributed by atoms with Gasteiger partial charge in [0, 0.05) is 25.6 Å². The largest absolute Gasteiger partial charge is 0.511 e. The molecule has 2 N–H and O–H groups in total. The first-order valence-corrected chi connectivity index (χ1v) is 9.19. The van der Waals surface area contributed by atoms with Gasteiger partial charge in [-0.25, -0.2) is 13.1 Å². The lowest BCUT2D eigenvalue weighted by atomic mass is 9.95. The van der Waals surface area contributed by atoms with Crippen LogP contribution in [0.4, 0.5) is 13.2 Å². The number of alkyl halides is 3. The molecule has 144 valence electrons. The third-order valence-corrected chi connectivity index (χ3v) is 5.42. The molecule has 0 aliphatic carbocycles. The molecule has 0 unspecified atom stereocenters. The Kier molecular flexibility index (Phi) is 8.26. The van der Waals surface area contributed by atoms with E-state index < -0.39 is 34.1 Å². The lowest BCUT2D eigenvalue weighted by molar-refractivity contribution is -0.0451. The smallest absolute Gasteiger partial charge is 0.372 e. The first kappa shape index (κ1) is 22.8. The maximum absolute atomic E-state index is 12.5. The van der Waals surface area contributed by atoms with Gasteiger partial charge < -0.3 is 10.1 Å². The van der Waals surface area contributed by atoms with Crippen LogP contribution in [-0.2, 0) is 14.8 Å². The minimum Gasteiger partial charge on any atom is -0.372 e. The van der Waals surface area contributed by atoms with Crippen molar-refractivity contribution in [3.8, 4) is 0 Å². The summed E-state index contributed by atoms with van der Waals surface area (Å²) in [7, 11) is -5.41. The van der Waals surface area contributed by atoms with Gasteiger partial charge >= 0.3 is 15.5 Å². The van der Waals surface area contributed by atoms with Crippen LogP contribution in [0.25, 0.3) is 0 Å². The number of ether oxygens (including phenoxy) is 1. The van der Waals surface area contributed by atoms with E-state index in [1.165, 1.54) is 0 Å². The fourth-order valence-electron chi connectivity index (χ4n) is 2.32. The number of rotatable bonds is 4. The van der Waals surface area contributed by atoms with Gasteiger partial charge in [0.1, 0.15) is 0 Å². The zero-order valence-electron chi connectivity index (χ0n) is 12.6. The minimum absolute atomic E-state index is 0. The zero-order valence-corrected chi connectivity index (χ0v) is 15.8. The molecule has 0 radical (unpaired) electrons. The Morgan fingerprint density at radius 3 is 2.56 bits per heavy atom. The minimum atomic E-state index is -5.41. The molecule has 5 nitrogen and oxygen atoms in total. The molecule has 0 amide bonds. The van der Waals surface area contributed by atoms with Crippen LogP contribution in [0.3, 0.4) is 0 Å². The van der Waals surface area contributed by atoms with Crippen LogP contribution in [-0.4, -0.2) is 40.2 Å². The molecule has 0 bridgehead atoms. The first-order valence-electron chi connectivity index (χ1n) is 6.95. The summed E-state index contributed by atoms with van der Waals surface area (Å²) in [6.45, 7) is 0.679. The van der Waals surface area contributed by atoms with Gasteiger partial charge in [-0.05, 0) is 17.7 Å². The molecule has 0 spiro atoms. The second-order valence-electron chi connectivity index (χ2n) is 5.23. The van der Waals surface area contributed by atoms with Gasteiger partial charge in [-0.2, -0.15) is 13.2 Å². The monoisotopic (exact) mass is 442 g/mol. The van der Waals surface area contributed by atoms with Crippen LogP contribution in [0.15, 0.2) is 18.2 Å². The molecule has 25 heavy (non-hydrogen) atoms. The van der Waals surface area contributed by atoms with Crippen LogP contribution in [0.5, 0.6) is 0 Å². The number of benzene rings is 1. The molecular weight excluding hydrogens is 428 g/mol. The normalized spacial score (nSPS) is 22.1. The average molecular weight is 444 g/mol. The third-order valence-electron chi connectivity index (χ3n) is 3.52. The summed E-state index contributed by atoms with van der Waals surface area (Å²) in [4.78, 5) is 0. The maximum atomic E-state index is 12.5. The van der Waals surface area contributed by atoms with E-state index >= 15 is 0 Å². The number of hydrogen-bond donors (Lipinski definition) is 2. The summed E-state index contributed by atoms with van der Waals surface area (Å²) in [5, 5.41) is 3.61. The second-order valence-corrected chi connectivity index (χ2v) is 7.80. The maximum Gasteiger partial charge on any atom is 0.511 e. The van der Waals surface area contributed by atoms with E-state index in [0.29, 0.717) is 23.7 Å². The van der Waals surface area contributed by atoms with Crippen molar-refractivity contribution in [2.75, 3.05) is 26.2 Å². The van der Waals surface area contributed by atoms with Crippen LogP contribution < -0.4 is 10.0 Å². The van der Waals surface area contributed by atoms with Gasteiger partial charge in [0.05, 0.1) is 22.8 Å². The molecule has 1 heterocycles. The first-order chi connectivity index (χ1) is 11.1. The predicted molar refractivity (Wildman–Crippen MR) is 91.7 cm³/mol. The van der Waals surface area contributed by atoms with E-state index in [1.807, 2.05) is 0 Å². The number of sulfonamides is 1. The van der Waals surface area contributed by atoms with Crippen molar-refractivity contribution < 1.29 is 26.3 Å². The van der Waals surface area contributed by atoms with E-state index in [-0.39, 0.29) is 24.0 Å². The summed E-state index contributed by atoms with van der Waals surface area (Å²) in [6.07, 6.45) is -0.620. The third kappa shape index (κ3) is 5.85. The highest BCUT2D eigenvalue weighted by atomic mass is 35.5. The van der Waals surface area contributed by atoms with Gasteiger partial charge in [0.2, 0.25) is 0 Å². The molecule has 1 fully saturated rings. The Morgan fingerprint density at radius 2 is 1.96 bits per heavy atom. The summed E-state index contributed by atoms with van der Waals surface area (Å²) >= 11 is 11.8. The van der Waals surface area contributed by atoms with E-state index in [2.05, 4.69) is 5.32 Å². The van der Waals surface area contributed by atoms with Crippen LogP contribution in [0, 0.1) is 5.92 Å². The quantitative estimate of drug-likeness (QED) is 0.750. The lowest BCUT2D eigenvalue weighted by Gasteiger charge is -2.25. The molecule has 12 heteroatoms. The highest BCUT2D eigenvalue weighted by Crippen LogP contribution is 2.32. The highest BCUT2D eigenvalue weighted by molar-refractivity contribution is 7.90. The number of nitrogens with one attached hydrogen (secondary N) is 2. The molecule has 0 aromatic heterocycles. The van der Waals surface area contributed by atoms with Gasteiger partial charge in [0.25, 0.3) is 0 Å². The predicted octanol–water partition coefficient (Wildman–Crippen LogP) is 3.13. The molecule has 1 aromatic rings. The topological polar surface area (TPSA) is 67.4 Å². The van der Waals surface area contributed by atoms with Crippen molar-refractivity contribution in [3.05, 3.63) is 33.8 Å². The Bertz CT molecular complexity index is 689. The van der Waals surface area contributed by atoms with Crippen molar-refractivity contribution >= 4 is 45.6 Å². The van der Waals surface area contributed by atoms with Crippen molar-refractivity contribution in [2.45, 2.75) is 11.6 Å². The van der Waals surface area contributed by atoms with Gasteiger partial charge in [-0.15, -0.1) is 12.4 Å². The van der Waals surface area contributed by atoms with Crippen molar-refractivity contribution in [3.63, 3.8) is 0 Å². The number of halogens is 6. The standard InChI is InChI=1S/C13H15Cl2F3N2O3S.ClH/c14-10-2-1-8(5-11(10)15)12-9(6-19-3-4-23-12)7-20-24(21,22)13(16,17)18;/h1-2,5,9,12,19-20H,3-4,6-7H2;1H/t9-,12-;/m0./s1. The molecule has 2 atom stereocenters. The summed E-state index contributed by atoms with van der Waals surface area (Å²) < 4.78 is 67.0. The fourth-order valence-corrected chi connectivity index (χ4v) is 3.23. The molecular formula is C13H16Cl3F3N2O3S. The Labute approximate surface area is 159 Å². The lowest BCUT2D eigenvalue weighted by Crippen LogP contribution is -2.42. The number of hydrogen-bond acceptors (Lipinski definition) is 4. The summed E-state index contributed by atoms with van der Waals surface area (Å²) in [6, 6.07) is 4.76. The molecule has 1 saturated heterocycles. The Hall–Kier alpha value is -0.290. The molecule has 1 aliphatic heterocycles. The van der Waals surface area contributed by atoms with E-state index in [0.717, 1.165) is 0 Å². The summed E-state index contributed by atoms with van der Waals surface area (Å²) in [5.74, 6) is -0.554. The molecule has 0 saturated carbocycles. The van der Waals surface area contributed by atoms with Crippen molar-refractivity contribution in [1.82, 2.24) is 10.0 Å². The van der Waals surface area contributed by atoms with Crippen LogP contribution in [0.1, 0.15) is 11.7 Å². The highest BCUT2D eigenvalue weighted by Gasteiger charge is 2.46. The van der Waals surface area contributed by atoms with Crippen LogP contribution >= 0.6 is 35.6 Å². The van der Waals surface area contributed by atoms with Crippen molar-refractivity contribution in [2.24, 2.45) is 5.92 Å². The molecule has 2 rings (SSSR count). The fraction of sp³-hybridized carbons (Fsp3) is 0.538. The second kappa shape index (κ2) is 9.07.